The van der Waals surface area contributed by atoms with E-state index in [2.05, 4.69) is 18.2 Å². The van der Waals surface area contributed by atoms with Gasteiger partial charge in [-0.1, -0.05) is 12.8 Å². The zero-order valence-corrected chi connectivity index (χ0v) is 9.97. The molecule has 3 unspecified atom stereocenters. The minimum Gasteiger partial charge on any atom is -0.324 e. The highest BCUT2D eigenvalue weighted by atomic mass is 15.3. The molecule has 1 aromatic heterocycles. The highest BCUT2D eigenvalue weighted by Gasteiger charge is 2.53. The van der Waals surface area contributed by atoms with Gasteiger partial charge in [-0.15, -0.1) is 0 Å². The fraction of sp³-hybridized carbons (Fsp3) is 0.769. The zero-order valence-electron chi connectivity index (χ0n) is 9.97. The third-order valence-corrected chi connectivity index (χ3v) is 4.50. The molecule has 3 atom stereocenters. The number of rotatable bonds is 3. The smallest absolute Gasteiger partial charge is 0.0537 e. The van der Waals surface area contributed by atoms with Crippen molar-refractivity contribution in [2.45, 2.75) is 45.2 Å². The molecule has 2 aliphatic carbocycles. The Morgan fingerprint density at radius 2 is 2.12 bits per heavy atom. The summed E-state index contributed by atoms with van der Waals surface area (Å²) in [5.41, 5.74) is 7.61. The number of nitrogens with two attached hydrogens (primary N) is 1. The quantitative estimate of drug-likeness (QED) is 0.848. The van der Waals surface area contributed by atoms with Gasteiger partial charge in [-0.05, 0) is 37.5 Å². The first-order chi connectivity index (χ1) is 7.81. The van der Waals surface area contributed by atoms with E-state index in [-0.39, 0.29) is 6.04 Å². The Morgan fingerprint density at radius 1 is 1.44 bits per heavy atom. The second-order valence-electron chi connectivity index (χ2n) is 5.34. The molecule has 16 heavy (non-hydrogen) atoms. The average molecular weight is 219 g/mol. The van der Waals surface area contributed by atoms with Crippen LogP contribution in [0.1, 0.15) is 44.2 Å². The molecule has 1 aromatic rings. The second-order valence-corrected chi connectivity index (χ2v) is 5.34. The highest BCUT2D eigenvalue weighted by molar-refractivity contribution is 5.17. The van der Waals surface area contributed by atoms with E-state index in [1.165, 1.54) is 31.2 Å². The lowest BCUT2D eigenvalue weighted by Crippen LogP contribution is -2.13. The molecule has 0 radical (unpaired) electrons. The molecule has 0 aromatic carbocycles. The van der Waals surface area contributed by atoms with Crippen molar-refractivity contribution in [2.24, 2.45) is 23.5 Å². The Kier molecular flexibility index (Phi) is 2.51. The first-order valence-electron chi connectivity index (χ1n) is 6.59. The molecule has 3 nitrogen and oxygen atoms in total. The van der Waals surface area contributed by atoms with E-state index in [4.69, 9.17) is 5.73 Å². The Morgan fingerprint density at radius 3 is 2.69 bits per heavy atom. The number of aromatic nitrogens is 2. The van der Waals surface area contributed by atoms with Crippen LogP contribution in [0.15, 0.2) is 12.4 Å². The van der Waals surface area contributed by atoms with Gasteiger partial charge in [-0.25, -0.2) is 0 Å². The summed E-state index contributed by atoms with van der Waals surface area (Å²) in [6.45, 7) is 3.05. The van der Waals surface area contributed by atoms with Crippen LogP contribution >= 0.6 is 0 Å². The zero-order chi connectivity index (χ0) is 11.1. The van der Waals surface area contributed by atoms with E-state index in [1.807, 2.05) is 10.9 Å². The predicted octanol–water partition coefficient (Wildman–Crippen LogP) is 2.34. The maximum Gasteiger partial charge on any atom is 0.0537 e. The van der Waals surface area contributed by atoms with Gasteiger partial charge in [0.2, 0.25) is 0 Å². The molecule has 0 saturated heterocycles. The average Bonchev–Trinajstić information content (AvgIpc) is 2.84. The van der Waals surface area contributed by atoms with Crippen molar-refractivity contribution >= 4 is 0 Å². The molecular formula is C13H21N3. The summed E-state index contributed by atoms with van der Waals surface area (Å²) < 4.78 is 1.97. The molecular weight excluding hydrogens is 198 g/mol. The first-order valence-corrected chi connectivity index (χ1v) is 6.59. The lowest BCUT2D eigenvalue weighted by atomic mass is 10.0. The summed E-state index contributed by atoms with van der Waals surface area (Å²) in [6.07, 6.45) is 9.72. The molecule has 0 aliphatic heterocycles. The summed E-state index contributed by atoms with van der Waals surface area (Å²) in [6, 6.07) is 0.230. The van der Waals surface area contributed by atoms with Gasteiger partial charge in [-0.2, -0.15) is 5.10 Å². The number of hydrogen-bond donors (Lipinski definition) is 1. The summed E-state index contributed by atoms with van der Waals surface area (Å²) >= 11 is 0. The molecule has 2 N–H and O–H groups in total. The summed E-state index contributed by atoms with van der Waals surface area (Å²) in [5.74, 6) is 2.60. The predicted molar refractivity (Wildman–Crippen MR) is 63.8 cm³/mol. The Balaban J connectivity index is 1.71. The van der Waals surface area contributed by atoms with Gasteiger partial charge in [0.1, 0.15) is 0 Å². The van der Waals surface area contributed by atoms with Crippen molar-refractivity contribution in [3.05, 3.63) is 18.0 Å². The van der Waals surface area contributed by atoms with Gasteiger partial charge in [0.15, 0.2) is 0 Å². The van der Waals surface area contributed by atoms with Crippen LogP contribution in [0.5, 0.6) is 0 Å². The Bertz CT molecular complexity index is 359. The van der Waals surface area contributed by atoms with E-state index in [0.717, 1.165) is 24.3 Å². The van der Waals surface area contributed by atoms with Gasteiger partial charge in [0, 0.05) is 24.3 Å². The van der Waals surface area contributed by atoms with Crippen molar-refractivity contribution in [3.63, 3.8) is 0 Å². The van der Waals surface area contributed by atoms with Gasteiger partial charge in [-0.3, -0.25) is 4.68 Å². The molecule has 2 saturated carbocycles. The SMILES string of the molecule is CCn1cc(C(N)C2C3CCCCC32)cn1. The van der Waals surface area contributed by atoms with Crippen molar-refractivity contribution in [1.29, 1.82) is 0 Å². The van der Waals surface area contributed by atoms with Gasteiger partial charge in [0.05, 0.1) is 6.20 Å². The van der Waals surface area contributed by atoms with Crippen LogP contribution in [0.4, 0.5) is 0 Å². The molecule has 2 fully saturated rings. The van der Waals surface area contributed by atoms with E-state index in [1.54, 1.807) is 0 Å². The van der Waals surface area contributed by atoms with Gasteiger partial charge in [0.25, 0.3) is 0 Å². The largest absolute Gasteiger partial charge is 0.324 e. The molecule has 3 rings (SSSR count). The molecule has 2 aliphatic rings. The van der Waals surface area contributed by atoms with Gasteiger partial charge < -0.3 is 5.73 Å². The molecule has 0 bridgehead atoms. The van der Waals surface area contributed by atoms with Crippen molar-refractivity contribution < 1.29 is 0 Å². The summed E-state index contributed by atoms with van der Waals surface area (Å²) in [5, 5.41) is 4.32. The monoisotopic (exact) mass is 219 g/mol. The van der Waals surface area contributed by atoms with Gasteiger partial charge >= 0.3 is 0 Å². The fourth-order valence-electron chi connectivity index (χ4n) is 3.53. The van der Waals surface area contributed by atoms with Crippen LogP contribution in [0.2, 0.25) is 0 Å². The lowest BCUT2D eigenvalue weighted by molar-refractivity contribution is 0.480. The number of hydrogen-bond acceptors (Lipinski definition) is 2. The number of fused-ring (bicyclic) bond motifs is 1. The van der Waals surface area contributed by atoms with Crippen LogP contribution in [-0.4, -0.2) is 9.78 Å². The lowest BCUT2D eigenvalue weighted by Gasteiger charge is -2.08. The summed E-state index contributed by atoms with van der Waals surface area (Å²) in [7, 11) is 0. The van der Waals surface area contributed by atoms with E-state index < -0.39 is 0 Å². The highest BCUT2D eigenvalue weighted by Crippen LogP contribution is 2.59. The third-order valence-electron chi connectivity index (χ3n) is 4.50. The topological polar surface area (TPSA) is 43.8 Å². The Hall–Kier alpha value is -0.830. The van der Waals surface area contributed by atoms with Crippen LogP contribution in [-0.2, 0) is 6.54 Å². The second kappa shape index (κ2) is 3.88. The molecule has 1 heterocycles. The van der Waals surface area contributed by atoms with E-state index >= 15 is 0 Å². The van der Waals surface area contributed by atoms with Crippen LogP contribution in [0.25, 0.3) is 0 Å². The fourth-order valence-corrected chi connectivity index (χ4v) is 3.53. The van der Waals surface area contributed by atoms with E-state index in [0.29, 0.717) is 0 Å². The van der Waals surface area contributed by atoms with Crippen molar-refractivity contribution in [3.8, 4) is 0 Å². The van der Waals surface area contributed by atoms with Crippen LogP contribution in [0.3, 0.4) is 0 Å². The Labute approximate surface area is 97.0 Å². The number of aryl methyl sites for hydroxylation is 1. The van der Waals surface area contributed by atoms with Crippen LogP contribution < -0.4 is 5.73 Å². The number of nitrogens with zero attached hydrogens (tertiary/aromatic N) is 2. The molecule has 3 heteroatoms. The third kappa shape index (κ3) is 1.58. The summed E-state index contributed by atoms with van der Waals surface area (Å²) in [4.78, 5) is 0. The minimum absolute atomic E-state index is 0.230. The van der Waals surface area contributed by atoms with Crippen molar-refractivity contribution in [1.82, 2.24) is 9.78 Å². The standard InChI is InChI=1S/C13H21N3/c1-2-16-8-9(7-15-16)13(14)12-10-5-3-4-6-11(10)12/h7-8,10-13H,2-6,14H2,1H3. The molecule has 0 amide bonds. The van der Waals surface area contributed by atoms with E-state index in [9.17, 15) is 0 Å². The maximum absolute atomic E-state index is 6.37. The van der Waals surface area contributed by atoms with Crippen molar-refractivity contribution in [2.75, 3.05) is 0 Å². The molecule has 0 spiro atoms. The molecule has 88 valence electrons. The first kappa shape index (κ1) is 10.3. The normalized spacial score (nSPS) is 34.5. The van der Waals surface area contributed by atoms with Crippen LogP contribution in [0, 0.1) is 17.8 Å². The minimum atomic E-state index is 0.230. The maximum atomic E-state index is 6.37.